The molecule has 0 bridgehead atoms. The van der Waals surface area contributed by atoms with Gasteiger partial charge in [-0.25, -0.2) is 12.8 Å². The van der Waals surface area contributed by atoms with E-state index in [4.69, 9.17) is 11.6 Å². The summed E-state index contributed by atoms with van der Waals surface area (Å²) in [6, 6.07) is 11.4. The molecule has 0 unspecified atom stereocenters. The van der Waals surface area contributed by atoms with Crippen molar-refractivity contribution >= 4 is 33.2 Å². The summed E-state index contributed by atoms with van der Waals surface area (Å²) < 4.78 is 41.0. The average Bonchev–Trinajstić information content (AvgIpc) is 2.71. The van der Waals surface area contributed by atoms with Crippen LogP contribution < -0.4 is 9.62 Å². The van der Waals surface area contributed by atoms with Gasteiger partial charge in [0.2, 0.25) is 5.91 Å². The Morgan fingerprint density at radius 2 is 1.86 bits per heavy atom. The molecule has 1 aliphatic rings. The van der Waals surface area contributed by atoms with Crippen molar-refractivity contribution in [2.45, 2.75) is 23.8 Å². The third-order valence-corrected chi connectivity index (χ3v) is 6.97. The highest BCUT2D eigenvalue weighted by Gasteiger charge is 2.28. The van der Waals surface area contributed by atoms with Crippen LogP contribution in [0, 0.1) is 5.82 Å². The summed E-state index contributed by atoms with van der Waals surface area (Å²) in [6.45, 7) is 1.31. The summed E-state index contributed by atoms with van der Waals surface area (Å²) in [4.78, 5) is 14.9. The lowest BCUT2D eigenvalue weighted by Crippen LogP contribution is -2.47. The lowest BCUT2D eigenvalue weighted by Gasteiger charge is -2.30. The Morgan fingerprint density at radius 3 is 2.48 bits per heavy atom. The number of benzene rings is 2. The van der Waals surface area contributed by atoms with Crippen LogP contribution in [-0.4, -0.2) is 51.9 Å². The van der Waals surface area contributed by atoms with Crippen LogP contribution in [0.1, 0.15) is 12.8 Å². The van der Waals surface area contributed by atoms with Crippen LogP contribution in [0.3, 0.4) is 0 Å². The van der Waals surface area contributed by atoms with Crippen LogP contribution in [0.4, 0.5) is 10.1 Å². The molecule has 0 radical (unpaired) electrons. The fourth-order valence-corrected chi connectivity index (χ4v) is 4.84. The molecule has 1 saturated heterocycles. The maximum Gasteiger partial charge on any atom is 0.264 e. The van der Waals surface area contributed by atoms with E-state index >= 15 is 0 Å². The molecule has 1 fully saturated rings. The van der Waals surface area contributed by atoms with Gasteiger partial charge < -0.3 is 10.2 Å². The minimum atomic E-state index is -4.05. The van der Waals surface area contributed by atoms with Crippen LogP contribution in [0.15, 0.2) is 53.4 Å². The van der Waals surface area contributed by atoms with E-state index in [0.717, 1.165) is 36.3 Å². The topological polar surface area (TPSA) is 69.7 Å². The van der Waals surface area contributed by atoms with E-state index in [1.807, 2.05) is 7.05 Å². The molecule has 29 heavy (non-hydrogen) atoms. The van der Waals surface area contributed by atoms with Crippen molar-refractivity contribution in [1.29, 1.82) is 0 Å². The zero-order valence-electron chi connectivity index (χ0n) is 16.0. The van der Waals surface area contributed by atoms with Gasteiger partial charge in [0.1, 0.15) is 12.4 Å². The fraction of sp³-hybridized carbons (Fsp3) is 0.350. The number of carbonyl (C=O) groups is 1. The first-order valence-electron chi connectivity index (χ1n) is 9.28. The standard InChI is InChI=1S/C20H23ClFN3O3S/c1-24-11-9-15(10-12-24)23-20(26)14-25(16-7-8-19(22)18(21)13-16)29(27,28)17-5-3-2-4-6-17/h2-8,13,15H,9-12,14H2,1H3,(H,23,26). The molecule has 1 amide bonds. The number of nitrogens with one attached hydrogen (secondary N) is 1. The van der Waals surface area contributed by atoms with Crippen molar-refractivity contribution in [2.24, 2.45) is 0 Å². The number of hydrogen-bond donors (Lipinski definition) is 1. The van der Waals surface area contributed by atoms with Gasteiger partial charge in [-0.2, -0.15) is 0 Å². The molecule has 1 aliphatic heterocycles. The van der Waals surface area contributed by atoms with Crippen molar-refractivity contribution in [2.75, 3.05) is 31.0 Å². The van der Waals surface area contributed by atoms with Crippen molar-refractivity contribution < 1.29 is 17.6 Å². The summed E-state index contributed by atoms with van der Waals surface area (Å²) in [5.74, 6) is -1.08. The van der Waals surface area contributed by atoms with Crippen LogP contribution in [0.5, 0.6) is 0 Å². The first-order chi connectivity index (χ1) is 13.8. The van der Waals surface area contributed by atoms with Gasteiger partial charge in [-0.3, -0.25) is 9.10 Å². The highest BCUT2D eigenvalue weighted by molar-refractivity contribution is 7.92. The zero-order valence-corrected chi connectivity index (χ0v) is 17.6. The molecule has 156 valence electrons. The fourth-order valence-electron chi connectivity index (χ4n) is 3.23. The van der Waals surface area contributed by atoms with Crippen LogP contribution in [-0.2, 0) is 14.8 Å². The average molecular weight is 440 g/mol. The van der Waals surface area contributed by atoms with E-state index in [1.165, 1.54) is 24.3 Å². The third kappa shape index (κ3) is 5.26. The van der Waals surface area contributed by atoms with Gasteiger partial charge in [-0.15, -0.1) is 0 Å². The quantitative estimate of drug-likeness (QED) is 0.751. The Kier molecular flexibility index (Phi) is 6.77. The highest BCUT2D eigenvalue weighted by atomic mass is 35.5. The van der Waals surface area contributed by atoms with Gasteiger partial charge in [-0.1, -0.05) is 29.8 Å². The van der Waals surface area contributed by atoms with E-state index in [9.17, 15) is 17.6 Å². The van der Waals surface area contributed by atoms with Gasteiger partial charge >= 0.3 is 0 Å². The smallest absolute Gasteiger partial charge is 0.264 e. The molecule has 0 spiro atoms. The Hall–Kier alpha value is -2.16. The van der Waals surface area contributed by atoms with E-state index < -0.39 is 28.3 Å². The molecule has 0 aromatic heterocycles. The molecule has 6 nitrogen and oxygen atoms in total. The lowest BCUT2D eigenvalue weighted by atomic mass is 10.1. The highest BCUT2D eigenvalue weighted by Crippen LogP contribution is 2.27. The normalized spacial score (nSPS) is 15.8. The summed E-state index contributed by atoms with van der Waals surface area (Å²) in [7, 11) is -2.03. The Bertz CT molecular complexity index is 964. The largest absolute Gasteiger partial charge is 0.352 e. The Balaban J connectivity index is 1.86. The number of rotatable bonds is 6. The summed E-state index contributed by atoms with van der Waals surface area (Å²) in [6.07, 6.45) is 1.60. The number of halogens is 2. The van der Waals surface area contributed by atoms with Gasteiger partial charge in [0, 0.05) is 6.04 Å². The monoisotopic (exact) mass is 439 g/mol. The van der Waals surface area contributed by atoms with Crippen molar-refractivity contribution in [3.8, 4) is 0 Å². The first-order valence-corrected chi connectivity index (χ1v) is 11.1. The molecular formula is C20H23ClFN3O3S. The van der Waals surface area contributed by atoms with Gasteiger partial charge in [0.25, 0.3) is 10.0 Å². The second kappa shape index (κ2) is 9.11. The minimum Gasteiger partial charge on any atom is -0.352 e. The van der Waals surface area contributed by atoms with E-state index in [1.54, 1.807) is 18.2 Å². The molecule has 1 heterocycles. The molecule has 0 saturated carbocycles. The molecule has 2 aromatic carbocycles. The van der Waals surface area contributed by atoms with Crippen LogP contribution >= 0.6 is 11.6 Å². The van der Waals surface area contributed by atoms with Gasteiger partial charge in [-0.05, 0) is 63.3 Å². The molecular weight excluding hydrogens is 417 g/mol. The van der Waals surface area contributed by atoms with Crippen molar-refractivity contribution in [3.05, 3.63) is 59.4 Å². The van der Waals surface area contributed by atoms with Crippen LogP contribution in [0.25, 0.3) is 0 Å². The number of likely N-dealkylation sites (tertiary alicyclic amines) is 1. The summed E-state index contributed by atoms with van der Waals surface area (Å²) in [5.41, 5.74) is 0.124. The number of hydrogen-bond acceptors (Lipinski definition) is 4. The zero-order chi connectivity index (χ0) is 21.0. The molecule has 0 atom stereocenters. The third-order valence-electron chi connectivity index (χ3n) is 4.89. The molecule has 0 aliphatic carbocycles. The maximum atomic E-state index is 13.6. The number of anilines is 1. The first kappa shape index (κ1) is 21.5. The number of sulfonamides is 1. The SMILES string of the molecule is CN1CCC(NC(=O)CN(c2ccc(F)c(Cl)c2)S(=O)(=O)c2ccccc2)CC1. The van der Waals surface area contributed by atoms with Gasteiger partial charge in [0.05, 0.1) is 15.6 Å². The van der Waals surface area contributed by atoms with Crippen molar-refractivity contribution in [1.82, 2.24) is 10.2 Å². The summed E-state index contributed by atoms with van der Waals surface area (Å²) >= 11 is 5.86. The van der Waals surface area contributed by atoms with E-state index in [-0.39, 0.29) is 21.6 Å². The number of nitrogens with zero attached hydrogens (tertiary/aromatic N) is 2. The van der Waals surface area contributed by atoms with E-state index in [0.29, 0.717) is 0 Å². The minimum absolute atomic E-state index is 0.00298. The van der Waals surface area contributed by atoms with Crippen LogP contribution in [0.2, 0.25) is 5.02 Å². The van der Waals surface area contributed by atoms with Crippen molar-refractivity contribution in [3.63, 3.8) is 0 Å². The van der Waals surface area contributed by atoms with Gasteiger partial charge in [0.15, 0.2) is 0 Å². The number of carbonyl (C=O) groups excluding carboxylic acids is 1. The number of piperidine rings is 1. The van der Waals surface area contributed by atoms with E-state index in [2.05, 4.69) is 10.2 Å². The Labute approximate surface area is 175 Å². The molecule has 2 aromatic rings. The predicted molar refractivity (Wildman–Crippen MR) is 111 cm³/mol. The Morgan fingerprint density at radius 1 is 1.21 bits per heavy atom. The lowest BCUT2D eigenvalue weighted by molar-refractivity contribution is -0.120. The second-order valence-corrected chi connectivity index (χ2v) is 9.34. The molecule has 3 rings (SSSR count). The predicted octanol–water partition coefficient (Wildman–Crippen LogP) is 2.88. The second-order valence-electron chi connectivity index (χ2n) is 7.07. The summed E-state index contributed by atoms with van der Waals surface area (Å²) in [5, 5.41) is 2.69. The maximum absolute atomic E-state index is 13.6. The number of amides is 1. The molecule has 9 heteroatoms. The molecule has 1 N–H and O–H groups in total.